The van der Waals surface area contributed by atoms with E-state index in [0.29, 0.717) is 4.87 Å². The van der Waals surface area contributed by atoms with E-state index in [1.54, 1.807) is 0 Å². The average molecular weight is 328 g/mol. The second-order valence-corrected chi connectivity index (χ2v) is 17.7. The molecule has 2 heteroatoms. The third kappa shape index (κ3) is 3.97. The molecule has 20 heavy (non-hydrogen) atoms. The Kier molecular flexibility index (Phi) is 5.06. The van der Waals surface area contributed by atoms with Gasteiger partial charge in [0.25, 0.3) is 0 Å². The summed E-state index contributed by atoms with van der Waals surface area (Å²) in [5, 5.41) is 0. The van der Waals surface area contributed by atoms with Crippen molar-refractivity contribution in [3.63, 3.8) is 0 Å². The summed E-state index contributed by atoms with van der Waals surface area (Å²) in [4.78, 5) is 3.13. The van der Waals surface area contributed by atoms with E-state index in [2.05, 4.69) is 89.9 Å². The third-order valence-electron chi connectivity index (χ3n) is 3.65. The van der Waals surface area contributed by atoms with E-state index in [-0.39, 0.29) is 0 Å². The van der Waals surface area contributed by atoms with Crippen molar-refractivity contribution in [1.82, 2.24) is 4.90 Å². The molecular formula is C18H25GeN. The Hall–Kier alpha value is -1.06. The van der Waals surface area contributed by atoms with Gasteiger partial charge in [0.1, 0.15) is 0 Å². The van der Waals surface area contributed by atoms with Crippen LogP contribution in [0.3, 0.4) is 0 Å². The van der Waals surface area contributed by atoms with E-state index < -0.39 is 13.3 Å². The molecule has 2 aromatic rings. The monoisotopic (exact) mass is 329 g/mol. The number of hydrogen-bond acceptors (Lipinski definition) is 1. The van der Waals surface area contributed by atoms with Crippen LogP contribution in [0.5, 0.6) is 0 Å². The molecule has 0 aliphatic carbocycles. The Bertz CT molecular complexity index is 516. The molecule has 0 fully saturated rings. The molecular weight excluding hydrogens is 303 g/mol. The van der Waals surface area contributed by atoms with Crippen LogP contribution in [-0.4, -0.2) is 25.2 Å². The fraction of sp³-hybridized carbons (Fsp3) is 0.333. The first kappa shape index (κ1) is 15.3. The van der Waals surface area contributed by atoms with Crippen molar-refractivity contribution in [2.45, 2.75) is 28.7 Å². The van der Waals surface area contributed by atoms with Gasteiger partial charge in [0.15, 0.2) is 0 Å². The summed E-state index contributed by atoms with van der Waals surface area (Å²) in [6.07, 6.45) is 0. The van der Waals surface area contributed by atoms with E-state index in [0.717, 1.165) is 6.54 Å². The first-order valence-corrected chi connectivity index (χ1v) is 14.8. The summed E-state index contributed by atoms with van der Waals surface area (Å²) in [6.45, 7) is 1.02. The van der Waals surface area contributed by atoms with Gasteiger partial charge in [-0.05, 0) is 0 Å². The molecule has 0 aliphatic heterocycles. The predicted octanol–water partition coefficient (Wildman–Crippen LogP) is 4.74. The van der Waals surface area contributed by atoms with Crippen molar-refractivity contribution in [3.8, 4) is 0 Å². The summed E-state index contributed by atoms with van der Waals surface area (Å²) in [5.41, 5.74) is 2.86. The zero-order valence-corrected chi connectivity index (χ0v) is 15.1. The normalized spacial score (nSPS) is 13.4. The zero-order valence-electron chi connectivity index (χ0n) is 13.0. The van der Waals surface area contributed by atoms with E-state index in [1.165, 1.54) is 11.1 Å². The Morgan fingerprint density at radius 3 is 1.85 bits per heavy atom. The van der Waals surface area contributed by atoms with Gasteiger partial charge >= 0.3 is 126 Å². The summed E-state index contributed by atoms with van der Waals surface area (Å²) in [5.74, 6) is 7.50. The SMILES string of the molecule is CN(Cc1ccccc1)[CH](c1ccccc1)[Ge]([CH3])([CH3])[CH3]. The standard InChI is InChI=1S/C18H25GeN/c1-19(2,3)18(17-13-9-6-10-14-17)20(4)15-16-11-7-5-8-12-16/h5-14,18H,15H2,1-4H3. The van der Waals surface area contributed by atoms with Crippen molar-refractivity contribution in [3.05, 3.63) is 71.8 Å². The molecule has 0 heterocycles. The molecule has 0 aliphatic rings. The van der Waals surface area contributed by atoms with Crippen molar-refractivity contribution in [1.29, 1.82) is 0 Å². The second kappa shape index (κ2) is 6.60. The van der Waals surface area contributed by atoms with Crippen LogP contribution in [0.25, 0.3) is 0 Å². The average Bonchev–Trinajstić information content (AvgIpc) is 2.39. The molecule has 2 aromatic carbocycles. The summed E-state index contributed by atoms with van der Waals surface area (Å²) in [6, 6.07) is 21.7. The van der Waals surface area contributed by atoms with E-state index in [1.807, 2.05) is 0 Å². The molecule has 0 N–H and O–H groups in total. The maximum atomic E-state index is 2.53. The van der Waals surface area contributed by atoms with Gasteiger partial charge in [-0.2, -0.15) is 0 Å². The van der Waals surface area contributed by atoms with Gasteiger partial charge in [-0.15, -0.1) is 0 Å². The Morgan fingerprint density at radius 1 is 0.850 bits per heavy atom. The fourth-order valence-corrected chi connectivity index (χ4v) is 8.48. The van der Waals surface area contributed by atoms with Gasteiger partial charge in [0, 0.05) is 0 Å². The van der Waals surface area contributed by atoms with Crippen LogP contribution in [0.4, 0.5) is 0 Å². The minimum absolute atomic E-state index is 0.594. The van der Waals surface area contributed by atoms with Crippen molar-refractivity contribution >= 4 is 13.3 Å². The van der Waals surface area contributed by atoms with Gasteiger partial charge in [0.05, 0.1) is 0 Å². The molecule has 1 atom stereocenters. The van der Waals surface area contributed by atoms with Crippen molar-refractivity contribution in [2.24, 2.45) is 0 Å². The summed E-state index contributed by atoms with van der Waals surface area (Å²) in [7, 11) is 2.27. The number of rotatable bonds is 5. The summed E-state index contributed by atoms with van der Waals surface area (Å²) >= 11 is -1.85. The van der Waals surface area contributed by atoms with E-state index in [9.17, 15) is 0 Å². The van der Waals surface area contributed by atoms with Crippen LogP contribution < -0.4 is 0 Å². The first-order chi connectivity index (χ1) is 9.48. The van der Waals surface area contributed by atoms with Gasteiger partial charge in [-0.1, -0.05) is 0 Å². The molecule has 0 aromatic heterocycles. The second-order valence-electron chi connectivity index (χ2n) is 6.58. The van der Waals surface area contributed by atoms with Crippen molar-refractivity contribution < 1.29 is 0 Å². The predicted molar refractivity (Wildman–Crippen MR) is 90.4 cm³/mol. The maximum absolute atomic E-state index is 2.53. The first-order valence-electron chi connectivity index (χ1n) is 7.27. The van der Waals surface area contributed by atoms with E-state index >= 15 is 0 Å². The van der Waals surface area contributed by atoms with Gasteiger partial charge < -0.3 is 0 Å². The quantitative estimate of drug-likeness (QED) is 0.717. The summed E-state index contributed by atoms with van der Waals surface area (Å²) < 4.78 is 0. The van der Waals surface area contributed by atoms with Gasteiger partial charge in [0.2, 0.25) is 0 Å². The molecule has 106 valence electrons. The zero-order chi connectivity index (χ0) is 14.6. The van der Waals surface area contributed by atoms with Gasteiger partial charge in [-0.25, -0.2) is 0 Å². The Balaban J connectivity index is 2.24. The fourth-order valence-electron chi connectivity index (χ4n) is 3.01. The van der Waals surface area contributed by atoms with Crippen LogP contribution in [0, 0.1) is 0 Å². The molecule has 0 amide bonds. The molecule has 0 saturated carbocycles. The molecule has 0 bridgehead atoms. The molecule has 1 nitrogen and oxygen atoms in total. The number of nitrogens with zero attached hydrogens (tertiary/aromatic N) is 1. The van der Waals surface area contributed by atoms with Gasteiger partial charge in [-0.3, -0.25) is 0 Å². The molecule has 2 rings (SSSR count). The Labute approximate surface area is 126 Å². The van der Waals surface area contributed by atoms with Crippen LogP contribution >= 0.6 is 0 Å². The van der Waals surface area contributed by atoms with Crippen LogP contribution in [0.15, 0.2) is 60.7 Å². The van der Waals surface area contributed by atoms with Crippen LogP contribution in [0.1, 0.15) is 16.0 Å². The molecule has 0 saturated heterocycles. The van der Waals surface area contributed by atoms with Crippen molar-refractivity contribution in [2.75, 3.05) is 7.05 Å². The molecule has 1 unspecified atom stereocenters. The van der Waals surface area contributed by atoms with E-state index in [4.69, 9.17) is 0 Å². The van der Waals surface area contributed by atoms with Crippen LogP contribution in [0.2, 0.25) is 17.3 Å². The molecule has 0 spiro atoms. The Morgan fingerprint density at radius 2 is 1.35 bits per heavy atom. The number of benzene rings is 2. The minimum atomic E-state index is -1.85. The molecule has 0 radical (unpaired) electrons. The van der Waals surface area contributed by atoms with Crippen LogP contribution in [-0.2, 0) is 6.54 Å². The topological polar surface area (TPSA) is 3.24 Å². The number of hydrogen-bond donors (Lipinski definition) is 0. The third-order valence-corrected chi connectivity index (χ3v) is 8.72.